The van der Waals surface area contributed by atoms with E-state index in [1.165, 1.54) is 21.9 Å². The average molecular weight is 396 g/mol. The largest absolute Gasteiger partial charge is 4.00 e. The number of hydrogen-bond donors (Lipinski definition) is 0. The van der Waals surface area contributed by atoms with Gasteiger partial charge in [0.1, 0.15) is 0 Å². The zero-order chi connectivity index (χ0) is 12.6. The van der Waals surface area contributed by atoms with E-state index in [1.54, 1.807) is 5.19 Å². The molecular formula is C16H21Cl3SiTi. The molecule has 0 atom stereocenters. The van der Waals surface area contributed by atoms with Gasteiger partial charge < -0.3 is 37.2 Å². The van der Waals surface area contributed by atoms with Crippen LogP contribution in [0.5, 0.6) is 0 Å². The van der Waals surface area contributed by atoms with Gasteiger partial charge in [0.2, 0.25) is 0 Å². The normalized spacial score (nSPS) is 9.57. The van der Waals surface area contributed by atoms with Crippen molar-refractivity contribution in [2.24, 2.45) is 0 Å². The molecule has 114 valence electrons. The molecule has 0 aliphatic heterocycles. The third-order valence-electron chi connectivity index (χ3n) is 3.91. The van der Waals surface area contributed by atoms with Crippen molar-refractivity contribution in [2.75, 3.05) is 0 Å². The smallest absolute Gasteiger partial charge is 1.00 e. The van der Waals surface area contributed by atoms with E-state index in [9.17, 15) is 0 Å². The summed E-state index contributed by atoms with van der Waals surface area (Å²) in [5.41, 5.74) is 4.41. The van der Waals surface area contributed by atoms with Gasteiger partial charge in [-0.1, -0.05) is 69.4 Å². The number of aryl methyl sites for hydroxylation is 2. The Bertz CT molecular complexity index is 536. The number of halogens is 3. The molecule has 0 heterocycles. The number of rotatable bonds is 2. The molecule has 0 saturated carbocycles. The summed E-state index contributed by atoms with van der Waals surface area (Å²) in [5.74, 6) is 0. The van der Waals surface area contributed by atoms with Gasteiger partial charge in [-0.3, -0.25) is 0 Å². The summed E-state index contributed by atoms with van der Waals surface area (Å²) in [6.07, 6.45) is 0. The van der Waals surface area contributed by atoms with E-state index in [1.807, 2.05) is 0 Å². The molecule has 0 amide bonds. The fourth-order valence-corrected chi connectivity index (χ4v) is 6.47. The fourth-order valence-electron chi connectivity index (χ4n) is 2.96. The van der Waals surface area contributed by atoms with Crippen molar-refractivity contribution < 1.29 is 58.9 Å². The summed E-state index contributed by atoms with van der Waals surface area (Å²) in [4.78, 5) is 0. The van der Waals surface area contributed by atoms with Gasteiger partial charge in [-0.05, 0) is 0 Å². The molecule has 0 bridgehead atoms. The Hall–Kier alpha value is 0.371. The van der Waals surface area contributed by atoms with Crippen molar-refractivity contribution >= 4 is 18.4 Å². The van der Waals surface area contributed by atoms with Gasteiger partial charge in [0.15, 0.2) is 0 Å². The van der Waals surface area contributed by atoms with Crippen LogP contribution in [0.4, 0.5) is 0 Å². The molecule has 0 radical (unpaired) electrons. The van der Waals surface area contributed by atoms with E-state index in [2.05, 4.69) is 70.3 Å². The molecule has 0 nitrogen and oxygen atoms in total. The SMILES string of the molecule is Cc1cc(C)[c-]([Si](C)(C)c2ccccc2)c1C.[Cl-].[Cl-].[Cl-].[Ti+4]. The zero-order valence-electron chi connectivity index (χ0n) is 13.1. The maximum absolute atomic E-state index is 2.46. The monoisotopic (exact) mass is 394 g/mol. The summed E-state index contributed by atoms with van der Waals surface area (Å²) < 4.78 is 0. The quantitative estimate of drug-likeness (QED) is 0.351. The Balaban J connectivity index is -0.000000810. The van der Waals surface area contributed by atoms with Crippen LogP contribution in [0.2, 0.25) is 13.1 Å². The van der Waals surface area contributed by atoms with Crippen LogP contribution in [0.25, 0.3) is 0 Å². The second-order valence-electron chi connectivity index (χ2n) is 5.50. The minimum Gasteiger partial charge on any atom is -1.00 e. The first kappa shape index (κ1) is 26.3. The third-order valence-corrected chi connectivity index (χ3v) is 7.71. The molecule has 0 aliphatic carbocycles. The van der Waals surface area contributed by atoms with Crippen molar-refractivity contribution in [1.29, 1.82) is 0 Å². The standard InChI is InChI=1S/C16H21Si.3ClH.Ti/c1-12-11-13(2)16(14(12)3)17(4,5)15-9-7-6-8-10-15;;;;/h6-11H,1-5H3;3*1H;/q-1;;;;+4/p-3. The molecule has 0 N–H and O–H groups in total. The molecule has 0 fully saturated rings. The molecule has 0 saturated heterocycles. The van der Waals surface area contributed by atoms with Crippen molar-refractivity contribution in [1.82, 2.24) is 0 Å². The van der Waals surface area contributed by atoms with Crippen LogP contribution in [0.3, 0.4) is 0 Å². The van der Waals surface area contributed by atoms with Crippen molar-refractivity contribution in [3.05, 3.63) is 53.1 Å². The van der Waals surface area contributed by atoms with Crippen molar-refractivity contribution in [3.8, 4) is 0 Å². The Kier molecular flexibility index (Phi) is 12.8. The topological polar surface area (TPSA) is 0 Å². The zero-order valence-corrected chi connectivity index (χ0v) is 17.9. The third kappa shape index (κ3) is 5.20. The summed E-state index contributed by atoms with van der Waals surface area (Å²) in [5, 5.41) is 3.15. The molecule has 0 aromatic heterocycles. The van der Waals surface area contributed by atoms with Gasteiger partial charge in [-0.2, -0.15) is 21.9 Å². The fraction of sp³-hybridized carbons (Fsp3) is 0.312. The maximum atomic E-state index is 2.46. The second kappa shape index (κ2) is 10.2. The molecule has 0 unspecified atom stereocenters. The van der Waals surface area contributed by atoms with E-state index in [-0.39, 0.29) is 58.9 Å². The summed E-state index contributed by atoms with van der Waals surface area (Å²) in [6.45, 7) is 11.7. The summed E-state index contributed by atoms with van der Waals surface area (Å²) >= 11 is 0. The summed E-state index contributed by atoms with van der Waals surface area (Å²) in [6, 6.07) is 13.3. The first-order valence-electron chi connectivity index (χ1n) is 6.24. The number of hydrogen-bond acceptors (Lipinski definition) is 0. The van der Waals surface area contributed by atoms with Crippen LogP contribution in [0, 0.1) is 20.8 Å². The average Bonchev–Trinajstić information content (AvgIpc) is 2.54. The van der Waals surface area contributed by atoms with E-state index in [4.69, 9.17) is 0 Å². The molecule has 2 aromatic carbocycles. The molecule has 0 spiro atoms. The van der Waals surface area contributed by atoms with E-state index in [0.29, 0.717) is 0 Å². The van der Waals surface area contributed by atoms with Crippen molar-refractivity contribution in [2.45, 2.75) is 33.9 Å². The van der Waals surface area contributed by atoms with E-state index in [0.717, 1.165) is 0 Å². The minimum atomic E-state index is -1.52. The van der Waals surface area contributed by atoms with E-state index >= 15 is 0 Å². The van der Waals surface area contributed by atoms with Gasteiger partial charge in [0.25, 0.3) is 0 Å². The molecule has 5 heteroatoms. The molecule has 21 heavy (non-hydrogen) atoms. The molecule has 2 aromatic rings. The van der Waals surface area contributed by atoms with Gasteiger partial charge in [0, 0.05) is 0 Å². The van der Waals surface area contributed by atoms with Gasteiger partial charge >= 0.3 is 21.7 Å². The van der Waals surface area contributed by atoms with Gasteiger partial charge in [-0.15, -0.1) is 0 Å². The Morgan fingerprint density at radius 1 is 0.857 bits per heavy atom. The van der Waals surface area contributed by atoms with Crippen LogP contribution in [-0.4, -0.2) is 8.07 Å². The van der Waals surface area contributed by atoms with Crippen molar-refractivity contribution in [3.63, 3.8) is 0 Å². The van der Waals surface area contributed by atoms with E-state index < -0.39 is 8.07 Å². The first-order chi connectivity index (χ1) is 7.94. The second-order valence-corrected chi connectivity index (χ2v) is 9.83. The predicted octanol–water partition coefficient (Wildman–Crippen LogP) is -5.84. The molecule has 0 aliphatic rings. The Labute approximate surface area is 163 Å². The first-order valence-corrected chi connectivity index (χ1v) is 9.24. The van der Waals surface area contributed by atoms with Crippen LogP contribution in [0.1, 0.15) is 16.7 Å². The van der Waals surface area contributed by atoms with Crippen LogP contribution in [-0.2, 0) is 21.7 Å². The van der Waals surface area contributed by atoms with Crippen LogP contribution in [0.15, 0.2) is 36.4 Å². The Morgan fingerprint density at radius 3 is 1.71 bits per heavy atom. The minimum absolute atomic E-state index is 0. The van der Waals surface area contributed by atoms with Crippen LogP contribution >= 0.6 is 0 Å². The summed E-state index contributed by atoms with van der Waals surface area (Å²) in [7, 11) is -1.52. The molecule has 2 rings (SSSR count). The van der Waals surface area contributed by atoms with Gasteiger partial charge in [0.05, 0.1) is 8.07 Å². The Morgan fingerprint density at radius 2 is 1.33 bits per heavy atom. The maximum Gasteiger partial charge on any atom is 4.00 e. The molecular weight excluding hydrogens is 374 g/mol. The van der Waals surface area contributed by atoms with Crippen LogP contribution < -0.4 is 47.6 Å². The predicted molar refractivity (Wildman–Crippen MR) is 79.4 cm³/mol. The number of benzene rings is 1. The van der Waals surface area contributed by atoms with Gasteiger partial charge in [-0.25, -0.2) is 6.07 Å².